The van der Waals surface area contributed by atoms with Crippen LogP contribution >= 0.6 is 12.4 Å². The van der Waals surface area contributed by atoms with Crippen LogP contribution in [0.4, 0.5) is 0 Å². The number of nitrogens with zero attached hydrogens (tertiary/aromatic N) is 1. The molecule has 2 aromatic rings. The average Bonchev–Trinajstić information content (AvgIpc) is 2.66. The van der Waals surface area contributed by atoms with Crippen LogP contribution in [0.3, 0.4) is 0 Å². The van der Waals surface area contributed by atoms with Gasteiger partial charge >= 0.3 is 0 Å². The Hall–Kier alpha value is -1.82. The summed E-state index contributed by atoms with van der Waals surface area (Å²) in [6.45, 7) is 2.90. The fraction of sp³-hybridized carbons (Fsp3) is 0.450. The Morgan fingerprint density at radius 1 is 1.12 bits per heavy atom. The summed E-state index contributed by atoms with van der Waals surface area (Å²) in [7, 11) is 0. The molecule has 1 saturated heterocycles. The van der Waals surface area contributed by atoms with Crippen molar-refractivity contribution in [1.29, 1.82) is 0 Å². The molecule has 3 rings (SSSR count). The van der Waals surface area contributed by atoms with E-state index in [0.717, 1.165) is 48.9 Å². The zero-order chi connectivity index (χ0) is 17.5. The first kappa shape index (κ1) is 20.5. The molecule has 0 aromatic heterocycles. The third-order valence-electron chi connectivity index (χ3n) is 4.58. The van der Waals surface area contributed by atoms with Crippen molar-refractivity contribution in [2.24, 2.45) is 5.73 Å². The van der Waals surface area contributed by atoms with Gasteiger partial charge in [0.25, 0.3) is 5.91 Å². The number of hydrogen-bond donors (Lipinski definition) is 1. The standard InChI is InChI=1S/C20H26N2O3.ClH/c21-10-3-13-24-18-8-11-22(12-9-18)20(23)15-25-19-7-6-16-4-1-2-5-17(16)14-19;/h1-2,4-7,14,18H,3,8-13,15,21H2;1H. The molecule has 2 aromatic carbocycles. The van der Waals surface area contributed by atoms with Crippen molar-refractivity contribution < 1.29 is 14.3 Å². The lowest BCUT2D eigenvalue weighted by Crippen LogP contribution is -2.43. The number of fused-ring (bicyclic) bond motifs is 1. The highest BCUT2D eigenvalue weighted by atomic mass is 35.5. The van der Waals surface area contributed by atoms with Crippen molar-refractivity contribution in [2.75, 3.05) is 32.8 Å². The van der Waals surface area contributed by atoms with Crippen molar-refractivity contribution in [1.82, 2.24) is 4.90 Å². The van der Waals surface area contributed by atoms with E-state index in [-0.39, 0.29) is 31.0 Å². The van der Waals surface area contributed by atoms with Gasteiger partial charge in [0.15, 0.2) is 6.61 Å². The number of hydrogen-bond acceptors (Lipinski definition) is 4. The minimum atomic E-state index is 0. The first-order chi connectivity index (χ1) is 12.3. The number of carbonyl (C=O) groups excluding carboxylic acids is 1. The largest absolute Gasteiger partial charge is 0.484 e. The second-order valence-corrected chi connectivity index (χ2v) is 6.39. The molecule has 0 radical (unpaired) electrons. The summed E-state index contributed by atoms with van der Waals surface area (Å²) in [5, 5.41) is 2.28. The van der Waals surface area contributed by atoms with Gasteiger partial charge in [0.1, 0.15) is 5.75 Å². The van der Waals surface area contributed by atoms with Crippen LogP contribution in [-0.4, -0.2) is 49.8 Å². The Bertz CT molecular complexity index is 702. The number of amides is 1. The van der Waals surface area contributed by atoms with Crippen LogP contribution in [0.1, 0.15) is 19.3 Å². The van der Waals surface area contributed by atoms with E-state index in [1.807, 2.05) is 41.3 Å². The van der Waals surface area contributed by atoms with E-state index in [1.165, 1.54) is 0 Å². The molecule has 1 heterocycles. The molecule has 0 unspecified atom stereocenters. The van der Waals surface area contributed by atoms with Gasteiger partial charge in [0.05, 0.1) is 6.10 Å². The van der Waals surface area contributed by atoms with Crippen LogP contribution < -0.4 is 10.5 Å². The number of benzene rings is 2. The zero-order valence-corrected chi connectivity index (χ0v) is 15.7. The Morgan fingerprint density at radius 3 is 2.58 bits per heavy atom. The number of likely N-dealkylation sites (tertiary alicyclic amines) is 1. The van der Waals surface area contributed by atoms with Gasteiger partial charge in [-0.2, -0.15) is 0 Å². The zero-order valence-electron chi connectivity index (χ0n) is 14.9. The summed E-state index contributed by atoms with van der Waals surface area (Å²) < 4.78 is 11.5. The fourth-order valence-electron chi connectivity index (χ4n) is 3.10. The van der Waals surface area contributed by atoms with Crippen molar-refractivity contribution in [3.05, 3.63) is 42.5 Å². The van der Waals surface area contributed by atoms with E-state index in [2.05, 4.69) is 6.07 Å². The minimum absolute atomic E-state index is 0. The van der Waals surface area contributed by atoms with E-state index in [9.17, 15) is 4.79 Å². The van der Waals surface area contributed by atoms with Crippen molar-refractivity contribution in [3.63, 3.8) is 0 Å². The molecule has 2 N–H and O–H groups in total. The smallest absolute Gasteiger partial charge is 0.260 e. The summed E-state index contributed by atoms with van der Waals surface area (Å²) in [5.74, 6) is 0.764. The van der Waals surface area contributed by atoms with Crippen LogP contribution in [0.5, 0.6) is 5.75 Å². The summed E-state index contributed by atoms with van der Waals surface area (Å²) >= 11 is 0. The Labute approximate surface area is 160 Å². The molecule has 0 bridgehead atoms. The lowest BCUT2D eigenvalue weighted by atomic mass is 10.1. The maximum absolute atomic E-state index is 12.3. The molecule has 1 aliphatic heterocycles. The Balaban J connectivity index is 0.00000243. The van der Waals surface area contributed by atoms with Gasteiger partial charge in [-0.3, -0.25) is 4.79 Å². The molecule has 0 spiro atoms. The van der Waals surface area contributed by atoms with Crippen LogP contribution in [-0.2, 0) is 9.53 Å². The number of rotatable bonds is 7. The van der Waals surface area contributed by atoms with E-state index >= 15 is 0 Å². The lowest BCUT2D eigenvalue weighted by Gasteiger charge is -2.31. The quantitative estimate of drug-likeness (QED) is 0.752. The van der Waals surface area contributed by atoms with E-state index < -0.39 is 0 Å². The maximum atomic E-state index is 12.3. The normalized spacial score (nSPS) is 14.9. The fourth-order valence-corrected chi connectivity index (χ4v) is 3.10. The van der Waals surface area contributed by atoms with Crippen LogP contribution in [0.2, 0.25) is 0 Å². The van der Waals surface area contributed by atoms with Gasteiger partial charge in [0.2, 0.25) is 0 Å². The van der Waals surface area contributed by atoms with Gasteiger partial charge in [-0.25, -0.2) is 0 Å². The van der Waals surface area contributed by atoms with Crippen LogP contribution in [0.15, 0.2) is 42.5 Å². The van der Waals surface area contributed by atoms with Gasteiger partial charge in [0, 0.05) is 19.7 Å². The topological polar surface area (TPSA) is 64.8 Å². The predicted octanol–water partition coefficient (Wildman–Crippen LogP) is 3.00. The summed E-state index contributed by atoms with van der Waals surface area (Å²) in [6, 6.07) is 14.0. The number of ether oxygens (including phenoxy) is 2. The number of nitrogens with two attached hydrogens (primary N) is 1. The molecule has 0 saturated carbocycles. The molecule has 0 aliphatic carbocycles. The molecule has 0 atom stereocenters. The summed E-state index contributed by atoms with van der Waals surface area (Å²) in [4.78, 5) is 14.2. The molecule has 1 fully saturated rings. The predicted molar refractivity (Wildman–Crippen MR) is 106 cm³/mol. The highest BCUT2D eigenvalue weighted by Crippen LogP contribution is 2.21. The first-order valence-electron chi connectivity index (χ1n) is 8.97. The van der Waals surface area contributed by atoms with Crippen molar-refractivity contribution in [2.45, 2.75) is 25.4 Å². The first-order valence-corrected chi connectivity index (χ1v) is 8.97. The number of halogens is 1. The average molecular weight is 379 g/mol. The highest BCUT2D eigenvalue weighted by molar-refractivity contribution is 5.85. The SMILES string of the molecule is Cl.NCCCOC1CCN(C(=O)COc2ccc3ccccc3c2)CC1. The Morgan fingerprint density at radius 2 is 1.85 bits per heavy atom. The van der Waals surface area contributed by atoms with Crippen molar-refractivity contribution in [3.8, 4) is 5.75 Å². The van der Waals surface area contributed by atoms with E-state index in [0.29, 0.717) is 13.2 Å². The molecule has 142 valence electrons. The third-order valence-corrected chi connectivity index (χ3v) is 4.58. The summed E-state index contributed by atoms with van der Waals surface area (Å²) in [5.41, 5.74) is 5.47. The molecule has 5 nitrogen and oxygen atoms in total. The minimum Gasteiger partial charge on any atom is -0.484 e. The van der Waals surface area contributed by atoms with Crippen LogP contribution in [0.25, 0.3) is 10.8 Å². The van der Waals surface area contributed by atoms with E-state index in [4.69, 9.17) is 15.2 Å². The molecule has 26 heavy (non-hydrogen) atoms. The molecule has 1 aliphatic rings. The maximum Gasteiger partial charge on any atom is 0.260 e. The molecule has 1 amide bonds. The molecule has 6 heteroatoms. The van der Waals surface area contributed by atoms with Crippen molar-refractivity contribution >= 4 is 29.1 Å². The van der Waals surface area contributed by atoms with Gasteiger partial charge in [-0.1, -0.05) is 30.3 Å². The number of carbonyl (C=O) groups is 1. The van der Waals surface area contributed by atoms with Crippen LogP contribution in [0, 0.1) is 0 Å². The summed E-state index contributed by atoms with van der Waals surface area (Å²) in [6.07, 6.45) is 2.90. The highest BCUT2D eigenvalue weighted by Gasteiger charge is 2.23. The second kappa shape index (κ2) is 10.4. The lowest BCUT2D eigenvalue weighted by molar-refractivity contribution is -0.136. The second-order valence-electron chi connectivity index (χ2n) is 6.39. The Kier molecular flexibility index (Phi) is 8.16. The van der Waals surface area contributed by atoms with Gasteiger partial charge < -0.3 is 20.1 Å². The van der Waals surface area contributed by atoms with E-state index in [1.54, 1.807) is 0 Å². The van der Waals surface area contributed by atoms with Gasteiger partial charge in [-0.05, 0) is 48.7 Å². The third kappa shape index (κ3) is 5.59. The van der Waals surface area contributed by atoms with Gasteiger partial charge in [-0.15, -0.1) is 12.4 Å². The molecular weight excluding hydrogens is 352 g/mol. The number of piperidine rings is 1. The monoisotopic (exact) mass is 378 g/mol. The molecular formula is C20H27ClN2O3.